The number of aryl methyl sites for hydroxylation is 1. The van der Waals surface area contributed by atoms with E-state index in [0.29, 0.717) is 17.1 Å². The standard InChI is InChI=1S/C18H18O5/c1-11-13(14(19)8-7-12-5-3-2-4-6-12)9-16(23-11)18-17(21)15(20)10-22-18/h2-9,15,17-18,20-21H,10H2,1H3/b8-7+/t15-,17-,18+/m1/s1. The number of hydrogen-bond acceptors (Lipinski definition) is 5. The Kier molecular flexibility index (Phi) is 4.43. The first kappa shape index (κ1) is 15.7. The number of allylic oxidation sites excluding steroid dienone is 1. The number of hydrogen-bond donors (Lipinski definition) is 2. The van der Waals surface area contributed by atoms with Crippen molar-refractivity contribution in [1.29, 1.82) is 0 Å². The second-order valence-electron chi connectivity index (χ2n) is 5.54. The fraction of sp³-hybridized carbons (Fsp3) is 0.278. The molecule has 0 amide bonds. The molecular formula is C18H18O5. The topological polar surface area (TPSA) is 79.9 Å². The zero-order valence-electron chi connectivity index (χ0n) is 12.7. The molecule has 0 spiro atoms. The van der Waals surface area contributed by atoms with Crippen molar-refractivity contribution in [2.45, 2.75) is 25.2 Å². The molecule has 1 fully saturated rings. The summed E-state index contributed by atoms with van der Waals surface area (Å²) in [5.41, 5.74) is 1.35. The lowest BCUT2D eigenvalue weighted by Gasteiger charge is -2.11. The summed E-state index contributed by atoms with van der Waals surface area (Å²) in [6.45, 7) is 1.73. The van der Waals surface area contributed by atoms with Gasteiger partial charge in [0.25, 0.3) is 0 Å². The van der Waals surface area contributed by atoms with Gasteiger partial charge in [-0.15, -0.1) is 0 Å². The first-order valence-electron chi connectivity index (χ1n) is 7.42. The van der Waals surface area contributed by atoms with Crippen molar-refractivity contribution in [3.8, 4) is 0 Å². The minimum Gasteiger partial charge on any atom is -0.463 e. The summed E-state index contributed by atoms with van der Waals surface area (Å²) in [5, 5.41) is 19.4. The fourth-order valence-corrected chi connectivity index (χ4v) is 2.57. The van der Waals surface area contributed by atoms with Gasteiger partial charge in [-0.3, -0.25) is 4.79 Å². The average molecular weight is 314 g/mol. The van der Waals surface area contributed by atoms with E-state index in [2.05, 4.69) is 0 Å². The van der Waals surface area contributed by atoms with Gasteiger partial charge >= 0.3 is 0 Å². The van der Waals surface area contributed by atoms with E-state index in [4.69, 9.17) is 9.15 Å². The summed E-state index contributed by atoms with van der Waals surface area (Å²) in [5.74, 6) is 0.623. The molecule has 2 heterocycles. The van der Waals surface area contributed by atoms with Gasteiger partial charge in [0.2, 0.25) is 0 Å². The van der Waals surface area contributed by atoms with Crippen molar-refractivity contribution >= 4 is 11.9 Å². The number of carbonyl (C=O) groups excluding carboxylic acids is 1. The Morgan fingerprint density at radius 1 is 1.26 bits per heavy atom. The molecule has 0 bridgehead atoms. The molecule has 1 aliphatic heterocycles. The van der Waals surface area contributed by atoms with Gasteiger partial charge in [-0.2, -0.15) is 0 Å². The lowest BCUT2D eigenvalue weighted by molar-refractivity contribution is 0.0117. The number of rotatable bonds is 4. The number of carbonyl (C=O) groups is 1. The molecule has 2 N–H and O–H groups in total. The van der Waals surface area contributed by atoms with E-state index in [0.717, 1.165) is 5.56 Å². The SMILES string of the molecule is Cc1oc([C@@H]2OC[C@@H](O)[C@H]2O)cc1C(=O)/C=C/c1ccccc1. The van der Waals surface area contributed by atoms with Gasteiger partial charge in [0.15, 0.2) is 5.78 Å². The largest absolute Gasteiger partial charge is 0.463 e. The van der Waals surface area contributed by atoms with Crippen LogP contribution in [0.5, 0.6) is 0 Å². The Labute approximate surface area is 133 Å². The zero-order chi connectivity index (χ0) is 16.4. The number of ether oxygens (including phenoxy) is 1. The molecule has 5 nitrogen and oxygen atoms in total. The van der Waals surface area contributed by atoms with Crippen LogP contribution >= 0.6 is 0 Å². The predicted octanol–water partition coefficient (Wildman–Crippen LogP) is 2.28. The van der Waals surface area contributed by atoms with E-state index < -0.39 is 18.3 Å². The molecule has 5 heteroatoms. The Bertz CT molecular complexity index is 716. The maximum absolute atomic E-state index is 12.3. The van der Waals surface area contributed by atoms with Gasteiger partial charge in [-0.05, 0) is 24.6 Å². The third-order valence-corrected chi connectivity index (χ3v) is 3.86. The summed E-state index contributed by atoms with van der Waals surface area (Å²) in [4.78, 5) is 12.3. The second kappa shape index (κ2) is 6.50. The highest BCUT2D eigenvalue weighted by atomic mass is 16.5. The van der Waals surface area contributed by atoms with E-state index >= 15 is 0 Å². The quantitative estimate of drug-likeness (QED) is 0.668. The van der Waals surface area contributed by atoms with Crippen molar-refractivity contribution in [3.63, 3.8) is 0 Å². The molecule has 0 unspecified atom stereocenters. The molecule has 2 aromatic rings. The third-order valence-electron chi connectivity index (χ3n) is 3.86. The smallest absolute Gasteiger partial charge is 0.189 e. The number of aliphatic hydroxyl groups is 2. The normalized spacial score (nSPS) is 24.4. The van der Waals surface area contributed by atoms with E-state index in [1.54, 1.807) is 19.1 Å². The van der Waals surface area contributed by atoms with Gasteiger partial charge in [0.1, 0.15) is 29.8 Å². The molecule has 1 aromatic carbocycles. The van der Waals surface area contributed by atoms with E-state index in [1.807, 2.05) is 30.3 Å². The van der Waals surface area contributed by atoms with E-state index in [-0.39, 0.29) is 12.4 Å². The highest BCUT2D eigenvalue weighted by molar-refractivity contribution is 6.07. The zero-order valence-corrected chi connectivity index (χ0v) is 12.7. The van der Waals surface area contributed by atoms with Crippen LogP contribution in [0.4, 0.5) is 0 Å². The fourth-order valence-electron chi connectivity index (χ4n) is 2.57. The van der Waals surface area contributed by atoms with Crippen molar-refractivity contribution in [2.75, 3.05) is 6.61 Å². The molecule has 23 heavy (non-hydrogen) atoms. The number of furan rings is 1. The van der Waals surface area contributed by atoms with Crippen molar-refractivity contribution in [2.24, 2.45) is 0 Å². The number of ketones is 1. The van der Waals surface area contributed by atoms with Crippen LogP contribution in [0.2, 0.25) is 0 Å². The summed E-state index contributed by atoms with van der Waals surface area (Å²) in [7, 11) is 0. The van der Waals surface area contributed by atoms with Crippen LogP contribution in [0.1, 0.15) is 33.5 Å². The Morgan fingerprint density at radius 3 is 2.65 bits per heavy atom. The Hall–Kier alpha value is -2.21. The molecular weight excluding hydrogens is 296 g/mol. The first-order valence-corrected chi connectivity index (χ1v) is 7.42. The second-order valence-corrected chi connectivity index (χ2v) is 5.54. The van der Waals surface area contributed by atoms with Crippen LogP contribution in [0, 0.1) is 6.92 Å². The molecule has 0 aliphatic carbocycles. The van der Waals surface area contributed by atoms with Gasteiger partial charge in [0.05, 0.1) is 12.2 Å². The highest BCUT2D eigenvalue weighted by Gasteiger charge is 2.38. The first-order chi connectivity index (χ1) is 11.1. The maximum atomic E-state index is 12.3. The minimum atomic E-state index is -1.05. The lowest BCUT2D eigenvalue weighted by atomic mass is 10.1. The van der Waals surface area contributed by atoms with Crippen molar-refractivity contribution in [1.82, 2.24) is 0 Å². The number of benzene rings is 1. The van der Waals surface area contributed by atoms with Crippen molar-refractivity contribution in [3.05, 3.63) is 65.1 Å². The third kappa shape index (κ3) is 3.27. The monoisotopic (exact) mass is 314 g/mol. The molecule has 1 saturated heterocycles. The van der Waals surface area contributed by atoms with Gasteiger partial charge in [-0.1, -0.05) is 36.4 Å². The lowest BCUT2D eigenvalue weighted by Crippen LogP contribution is -2.24. The molecule has 3 rings (SSSR count). The predicted molar refractivity (Wildman–Crippen MR) is 84.0 cm³/mol. The van der Waals surface area contributed by atoms with Crippen LogP contribution < -0.4 is 0 Å². The number of aliphatic hydroxyl groups excluding tert-OH is 2. The molecule has 1 aliphatic rings. The Morgan fingerprint density at radius 2 is 2.00 bits per heavy atom. The highest BCUT2D eigenvalue weighted by Crippen LogP contribution is 2.32. The van der Waals surface area contributed by atoms with Crippen LogP contribution in [0.15, 0.2) is 46.9 Å². The van der Waals surface area contributed by atoms with Gasteiger partial charge in [-0.25, -0.2) is 0 Å². The van der Waals surface area contributed by atoms with Crippen LogP contribution in [0.25, 0.3) is 6.08 Å². The van der Waals surface area contributed by atoms with Crippen LogP contribution in [0.3, 0.4) is 0 Å². The average Bonchev–Trinajstić information content (AvgIpc) is 3.09. The van der Waals surface area contributed by atoms with Crippen LogP contribution in [-0.4, -0.2) is 34.8 Å². The van der Waals surface area contributed by atoms with E-state index in [1.165, 1.54) is 6.08 Å². The van der Waals surface area contributed by atoms with Crippen molar-refractivity contribution < 1.29 is 24.2 Å². The van der Waals surface area contributed by atoms with Gasteiger partial charge in [0, 0.05) is 0 Å². The Balaban J connectivity index is 1.78. The minimum absolute atomic E-state index is 0.0444. The molecule has 3 atom stereocenters. The maximum Gasteiger partial charge on any atom is 0.189 e. The molecule has 0 radical (unpaired) electrons. The summed E-state index contributed by atoms with van der Waals surface area (Å²) < 4.78 is 10.9. The van der Waals surface area contributed by atoms with Crippen LogP contribution in [-0.2, 0) is 4.74 Å². The summed E-state index contributed by atoms with van der Waals surface area (Å²) in [6.07, 6.45) is 0.478. The molecule has 120 valence electrons. The summed E-state index contributed by atoms with van der Waals surface area (Å²) >= 11 is 0. The van der Waals surface area contributed by atoms with Gasteiger partial charge < -0.3 is 19.4 Å². The molecule has 1 aromatic heterocycles. The summed E-state index contributed by atoms with van der Waals surface area (Å²) in [6, 6.07) is 11.1. The van der Waals surface area contributed by atoms with E-state index in [9.17, 15) is 15.0 Å². The molecule has 0 saturated carbocycles.